The van der Waals surface area contributed by atoms with Crippen LogP contribution in [0, 0.1) is 11.3 Å². The molecule has 2 aromatic carbocycles. The van der Waals surface area contributed by atoms with E-state index in [9.17, 15) is 9.59 Å². The molecule has 1 N–H and O–H groups in total. The number of methoxy groups -OCH3 is 1. The van der Waals surface area contributed by atoms with E-state index in [1.807, 2.05) is 36.4 Å². The molecule has 0 spiro atoms. The Morgan fingerprint density at radius 1 is 1.04 bits per heavy atom. The quantitative estimate of drug-likeness (QED) is 0.818. The number of carbonyl (C=O) groups excluding carboxylic acids is 2. The van der Waals surface area contributed by atoms with E-state index in [4.69, 9.17) is 5.26 Å². The van der Waals surface area contributed by atoms with Gasteiger partial charge < -0.3 is 10.1 Å². The molecule has 0 aliphatic rings. The monoisotopic (exact) mass is 337 g/mol. The average molecular weight is 337 g/mol. The Balaban J connectivity index is 1.94. The molecule has 0 aromatic heterocycles. The lowest BCUT2D eigenvalue weighted by Crippen LogP contribution is -2.34. The molecule has 25 heavy (non-hydrogen) atoms. The lowest BCUT2D eigenvalue weighted by Gasteiger charge is -2.14. The van der Waals surface area contributed by atoms with E-state index < -0.39 is 0 Å². The molecule has 6 nitrogen and oxygen atoms in total. The molecule has 0 heterocycles. The van der Waals surface area contributed by atoms with Gasteiger partial charge in [-0.05, 0) is 42.4 Å². The van der Waals surface area contributed by atoms with Gasteiger partial charge >= 0.3 is 5.97 Å². The van der Waals surface area contributed by atoms with Gasteiger partial charge in [0.1, 0.15) is 0 Å². The van der Waals surface area contributed by atoms with E-state index in [1.165, 1.54) is 7.11 Å². The van der Waals surface area contributed by atoms with Crippen molar-refractivity contribution >= 4 is 17.6 Å². The Morgan fingerprint density at radius 3 is 2.12 bits per heavy atom. The molecule has 0 unspecified atom stereocenters. The molecule has 0 radical (unpaired) electrons. The fourth-order valence-corrected chi connectivity index (χ4v) is 2.27. The summed E-state index contributed by atoms with van der Waals surface area (Å²) in [4.78, 5) is 24.7. The second-order valence-electron chi connectivity index (χ2n) is 5.56. The summed E-state index contributed by atoms with van der Waals surface area (Å²) in [5.74, 6) is -0.598. The van der Waals surface area contributed by atoms with Gasteiger partial charge in [-0.25, -0.2) is 0 Å². The van der Waals surface area contributed by atoms with Crippen LogP contribution in [0.3, 0.4) is 0 Å². The van der Waals surface area contributed by atoms with Crippen LogP contribution in [-0.2, 0) is 14.3 Å². The first-order valence-electron chi connectivity index (χ1n) is 7.67. The number of hydrogen-bond donors (Lipinski definition) is 1. The highest BCUT2D eigenvalue weighted by Gasteiger charge is 2.11. The van der Waals surface area contributed by atoms with Crippen molar-refractivity contribution in [1.29, 1.82) is 5.26 Å². The van der Waals surface area contributed by atoms with Crippen LogP contribution in [0.5, 0.6) is 0 Å². The van der Waals surface area contributed by atoms with Crippen LogP contribution in [-0.4, -0.2) is 44.0 Å². The number of rotatable bonds is 6. The van der Waals surface area contributed by atoms with E-state index in [1.54, 1.807) is 24.1 Å². The van der Waals surface area contributed by atoms with Gasteiger partial charge in [0.25, 0.3) is 0 Å². The van der Waals surface area contributed by atoms with Gasteiger partial charge in [-0.3, -0.25) is 14.5 Å². The number of nitriles is 1. The van der Waals surface area contributed by atoms with Crippen LogP contribution < -0.4 is 5.32 Å². The number of esters is 1. The minimum absolute atomic E-state index is 0.0571. The first-order valence-corrected chi connectivity index (χ1v) is 7.67. The minimum Gasteiger partial charge on any atom is -0.468 e. The van der Waals surface area contributed by atoms with E-state index in [2.05, 4.69) is 16.1 Å². The number of carbonyl (C=O) groups is 2. The smallest absolute Gasteiger partial charge is 0.319 e. The van der Waals surface area contributed by atoms with Crippen molar-refractivity contribution in [1.82, 2.24) is 4.90 Å². The average Bonchev–Trinajstić information content (AvgIpc) is 2.62. The fraction of sp³-hybridized carbons (Fsp3) is 0.211. The van der Waals surface area contributed by atoms with Gasteiger partial charge in [0, 0.05) is 5.69 Å². The lowest BCUT2D eigenvalue weighted by atomic mass is 10.0. The molecule has 0 aliphatic carbocycles. The Kier molecular flexibility index (Phi) is 6.26. The van der Waals surface area contributed by atoms with Crippen LogP contribution in [0.15, 0.2) is 48.5 Å². The molecular formula is C19H19N3O3. The molecule has 128 valence electrons. The number of ether oxygens (including phenoxy) is 1. The van der Waals surface area contributed by atoms with Crippen molar-refractivity contribution in [3.63, 3.8) is 0 Å². The van der Waals surface area contributed by atoms with Gasteiger partial charge in [0.05, 0.1) is 31.8 Å². The maximum absolute atomic E-state index is 12.0. The number of nitrogens with zero attached hydrogens (tertiary/aromatic N) is 2. The van der Waals surface area contributed by atoms with Gasteiger partial charge in [-0.15, -0.1) is 0 Å². The summed E-state index contributed by atoms with van der Waals surface area (Å²) in [5.41, 5.74) is 3.28. The van der Waals surface area contributed by atoms with Crippen LogP contribution >= 0.6 is 0 Å². The van der Waals surface area contributed by atoms with Crippen molar-refractivity contribution in [2.75, 3.05) is 32.6 Å². The van der Waals surface area contributed by atoms with Crippen molar-refractivity contribution in [3.8, 4) is 17.2 Å². The maximum atomic E-state index is 12.0. The third-order valence-electron chi connectivity index (χ3n) is 3.56. The van der Waals surface area contributed by atoms with E-state index in [0.29, 0.717) is 11.3 Å². The third kappa shape index (κ3) is 5.44. The number of anilines is 1. The van der Waals surface area contributed by atoms with Crippen LogP contribution in [0.2, 0.25) is 0 Å². The minimum atomic E-state index is -0.387. The predicted molar refractivity (Wildman–Crippen MR) is 94.7 cm³/mol. The molecule has 1 amide bonds. The Morgan fingerprint density at radius 2 is 1.60 bits per heavy atom. The molecule has 0 saturated carbocycles. The largest absolute Gasteiger partial charge is 0.468 e. The first kappa shape index (κ1) is 18.2. The standard InChI is InChI=1S/C19H19N3O3/c1-22(13-19(24)25-2)12-18(23)21-17-9-7-16(8-10-17)15-5-3-14(11-20)4-6-15/h3-10H,12-13H2,1-2H3,(H,21,23). The molecule has 0 atom stereocenters. The van der Waals surface area contributed by atoms with Gasteiger partial charge in [-0.1, -0.05) is 24.3 Å². The number of likely N-dealkylation sites (N-methyl/N-ethyl adjacent to an activating group) is 1. The van der Waals surface area contributed by atoms with Gasteiger partial charge in [-0.2, -0.15) is 5.26 Å². The zero-order valence-electron chi connectivity index (χ0n) is 14.2. The van der Waals surface area contributed by atoms with Crippen molar-refractivity contribution in [2.45, 2.75) is 0 Å². The van der Waals surface area contributed by atoms with Crippen molar-refractivity contribution < 1.29 is 14.3 Å². The molecule has 0 fully saturated rings. The van der Waals surface area contributed by atoms with E-state index >= 15 is 0 Å². The molecule has 0 aliphatic heterocycles. The predicted octanol–water partition coefficient (Wildman–Crippen LogP) is 2.27. The first-order chi connectivity index (χ1) is 12.0. The van der Waals surface area contributed by atoms with E-state index in [0.717, 1.165) is 11.1 Å². The molecule has 6 heteroatoms. The summed E-state index contributed by atoms with van der Waals surface area (Å²) in [5, 5.41) is 11.6. The topological polar surface area (TPSA) is 82.4 Å². The van der Waals surface area contributed by atoms with Crippen LogP contribution in [0.1, 0.15) is 5.56 Å². The SMILES string of the molecule is COC(=O)CN(C)CC(=O)Nc1ccc(-c2ccc(C#N)cc2)cc1. The number of hydrogen-bond acceptors (Lipinski definition) is 5. The second kappa shape index (κ2) is 8.62. The highest BCUT2D eigenvalue weighted by molar-refractivity contribution is 5.92. The second-order valence-corrected chi connectivity index (χ2v) is 5.56. The fourth-order valence-electron chi connectivity index (χ4n) is 2.27. The molecule has 2 rings (SSSR count). The van der Waals surface area contributed by atoms with Gasteiger partial charge in [0.2, 0.25) is 5.91 Å². The summed E-state index contributed by atoms with van der Waals surface area (Å²) < 4.78 is 4.56. The molecule has 0 saturated heterocycles. The molecule has 2 aromatic rings. The summed E-state index contributed by atoms with van der Waals surface area (Å²) in [6, 6.07) is 16.8. The maximum Gasteiger partial charge on any atom is 0.319 e. The Labute approximate surface area is 146 Å². The van der Waals surface area contributed by atoms with Crippen LogP contribution in [0.4, 0.5) is 5.69 Å². The zero-order valence-corrected chi connectivity index (χ0v) is 14.2. The summed E-state index contributed by atoms with van der Waals surface area (Å²) in [6.07, 6.45) is 0. The zero-order chi connectivity index (χ0) is 18.2. The summed E-state index contributed by atoms with van der Waals surface area (Å²) in [7, 11) is 2.98. The van der Waals surface area contributed by atoms with Crippen molar-refractivity contribution in [3.05, 3.63) is 54.1 Å². The molecule has 0 bridgehead atoms. The summed E-state index contributed by atoms with van der Waals surface area (Å²) in [6.45, 7) is 0.147. The highest BCUT2D eigenvalue weighted by Crippen LogP contribution is 2.21. The Bertz CT molecular complexity index is 777. The van der Waals surface area contributed by atoms with E-state index in [-0.39, 0.29) is 25.0 Å². The Hall–Kier alpha value is -3.17. The number of nitrogens with one attached hydrogen (secondary N) is 1. The lowest BCUT2D eigenvalue weighted by molar-refractivity contribution is -0.141. The summed E-state index contributed by atoms with van der Waals surface area (Å²) >= 11 is 0. The van der Waals surface area contributed by atoms with Crippen LogP contribution in [0.25, 0.3) is 11.1 Å². The number of amides is 1. The number of benzene rings is 2. The van der Waals surface area contributed by atoms with Gasteiger partial charge in [0.15, 0.2) is 0 Å². The third-order valence-corrected chi connectivity index (χ3v) is 3.56. The highest BCUT2D eigenvalue weighted by atomic mass is 16.5. The molecular weight excluding hydrogens is 318 g/mol. The normalized spacial score (nSPS) is 10.2. The van der Waals surface area contributed by atoms with Crippen molar-refractivity contribution in [2.24, 2.45) is 0 Å².